The molecule has 13 nitrogen and oxygen atoms in total. The lowest BCUT2D eigenvalue weighted by Crippen LogP contribution is -2.58. The van der Waals surface area contributed by atoms with E-state index in [1.165, 1.54) is 24.3 Å². The third-order valence-electron chi connectivity index (χ3n) is 5.64. The smallest absolute Gasteiger partial charge is 0.326 e. The van der Waals surface area contributed by atoms with Crippen molar-refractivity contribution >= 4 is 41.4 Å². The molecule has 0 fully saturated rings. The van der Waals surface area contributed by atoms with E-state index < -0.39 is 53.8 Å². The van der Waals surface area contributed by atoms with Crippen molar-refractivity contribution in [3.63, 3.8) is 0 Å². The molecule has 8 N–H and O–H groups in total. The Labute approximate surface area is 213 Å². The van der Waals surface area contributed by atoms with Gasteiger partial charge in [-0.05, 0) is 30.8 Å². The lowest BCUT2D eigenvalue weighted by Gasteiger charge is -2.26. The number of aliphatic carboxylic acids is 2. The topological polar surface area (TPSA) is 217 Å². The van der Waals surface area contributed by atoms with Crippen molar-refractivity contribution in [2.45, 2.75) is 70.1 Å². The average molecular weight is 529 g/mol. The van der Waals surface area contributed by atoms with Crippen molar-refractivity contribution in [2.75, 3.05) is 12.0 Å². The molecule has 0 bridgehead atoms. The number of carboxylic acid groups (broad SMARTS) is 2. The van der Waals surface area contributed by atoms with Crippen LogP contribution in [0.25, 0.3) is 0 Å². The quantitative estimate of drug-likeness (QED) is 0.137. The van der Waals surface area contributed by atoms with Gasteiger partial charge < -0.3 is 36.9 Å². The second-order valence-electron chi connectivity index (χ2n) is 8.43. The number of aromatic amines is 1. The fourth-order valence-electron chi connectivity index (χ4n) is 3.23. The van der Waals surface area contributed by atoms with E-state index in [0.717, 1.165) is 0 Å². The zero-order valence-electron chi connectivity index (χ0n) is 20.7. The lowest BCUT2D eigenvalue weighted by molar-refractivity contribution is -0.144. The summed E-state index contributed by atoms with van der Waals surface area (Å²) in [5.74, 6) is -4.17. The number of nitrogens with one attached hydrogen (secondary N) is 4. The summed E-state index contributed by atoms with van der Waals surface area (Å²) >= 11 is 1.45. The number of H-pyrrole nitrogens is 1. The van der Waals surface area contributed by atoms with Gasteiger partial charge in [0.15, 0.2) is 0 Å². The molecule has 0 aliphatic rings. The molecule has 14 heteroatoms. The molecule has 0 saturated carbocycles. The maximum Gasteiger partial charge on any atom is 0.326 e. The fourth-order valence-corrected chi connectivity index (χ4v) is 3.70. The molecule has 1 aromatic heterocycles. The molecular weight excluding hydrogens is 492 g/mol. The second kappa shape index (κ2) is 15.8. The van der Waals surface area contributed by atoms with Gasteiger partial charge in [0, 0.05) is 24.7 Å². The molecule has 0 aliphatic carbocycles. The highest BCUT2D eigenvalue weighted by molar-refractivity contribution is 7.98. The molecule has 1 aromatic rings. The van der Waals surface area contributed by atoms with Crippen LogP contribution in [-0.4, -0.2) is 86.0 Å². The SMILES string of the molecule is CCC(C)C(NC(=O)C(Cc1cnc[nH]1)NC(=O)C(CCSC)NC(=O)C(N)CCC(=O)O)C(=O)O. The van der Waals surface area contributed by atoms with E-state index in [1.54, 1.807) is 13.8 Å². The van der Waals surface area contributed by atoms with Gasteiger partial charge in [0.25, 0.3) is 0 Å². The van der Waals surface area contributed by atoms with Crippen LogP contribution in [0.4, 0.5) is 0 Å². The molecule has 5 unspecified atom stereocenters. The summed E-state index contributed by atoms with van der Waals surface area (Å²) in [7, 11) is 0. The van der Waals surface area contributed by atoms with Gasteiger partial charge in [-0.15, -0.1) is 0 Å². The van der Waals surface area contributed by atoms with Gasteiger partial charge in [0.05, 0.1) is 12.4 Å². The Kier molecular flexibility index (Phi) is 13.5. The van der Waals surface area contributed by atoms with Gasteiger partial charge in [0.2, 0.25) is 17.7 Å². The van der Waals surface area contributed by atoms with Crippen LogP contribution < -0.4 is 21.7 Å². The summed E-state index contributed by atoms with van der Waals surface area (Å²) in [5.41, 5.74) is 6.30. The summed E-state index contributed by atoms with van der Waals surface area (Å²) in [5, 5.41) is 26.0. The van der Waals surface area contributed by atoms with Crippen molar-refractivity contribution in [3.8, 4) is 0 Å². The molecule has 36 heavy (non-hydrogen) atoms. The van der Waals surface area contributed by atoms with Crippen LogP contribution in [0.15, 0.2) is 12.5 Å². The van der Waals surface area contributed by atoms with E-state index in [2.05, 4.69) is 25.9 Å². The number of thioether (sulfide) groups is 1. The summed E-state index contributed by atoms with van der Waals surface area (Å²) < 4.78 is 0. The Morgan fingerprint density at radius 1 is 1.06 bits per heavy atom. The summed E-state index contributed by atoms with van der Waals surface area (Å²) in [6.45, 7) is 3.50. The molecule has 1 rings (SSSR count). The van der Waals surface area contributed by atoms with E-state index in [1.807, 2.05) is 6.26 Å². The number of carboxylic acids is 2. The third-order valence-corrected chi connectivity index (χ3v) is 6.28. The molecule has 5 atom stereocenters. The van der Waals surface area contributed by atoms with E-state index in [9.17, 15) is 29.1 Å². The zero-order chi connectivity index (χ0) is 27.3. The predicted octanol–water partition coefficient (Wildman–Crippen LogP) is -0.517. The first kappa shape index (κ1) is 30.9. The second-order valence-corrected chi connectivity index (χ2v) is 9.42. The van der Waals surface area contributed by atoms with Gasteiger partial charge in [0.1, 0.15) is 18.1 Å². The van der Waals surface area contributed by atoms with Crippen molar-refractivity contribution in [1.82, 2.24) is 25.9 Å². The van der Waals surface area contributed by atoms with Gasteiger partial charge in [-0.1, -0.05) is 20.3 Å². The van der Waals surface area contributed by atoms with E-state index in [0.29, 0.717) is 17.9 Å². The van der Waals surface area contributed by atoms with E-state index in [4.69, 9.17) is 10.8 Å². The van der Waals surface area contributed by atoms with Crippen molar-refractivity contribution in [1.29, 1.82) is 0 Å². The van der Waals surface area contributed by atoms with Crippen molar-refractivity contribution in [3.05, 3.63) is 18.2 Å². The van der Waals surface area contributed by atoms with Gasteiger partial charge >= 0.3 is 11.9 Å². The summed E-state index contributed by atoms with van der Waals surface area (Å²) in [4.78, 5) is 67.9. The van der Waals surface area contributed by atoms with Crippen LogP contribution in [0, 0.1) is 5.92 Å². The summed E-state index contributed by atoms with van der Waals surface area (Å²) in [6, 6.07) is -4.47. The van der Waals surface area contributed by atoms with Crippen LogP contribution in [0.1, 0.15) is 45.2 Å². The zero-order valence-corrected chi connectivity index (χ0v) is 21.5. The number of nitrogens with two attached hydrogens (primary N) is 1. The number of rotatable bonds is 17. The Hall–Kier alpha value is -3.13. The number of nitrogens with zero attached hydrogens (tertiary/aromatic N) is 1. The number of carbonyl (C=O) groups is 5. The highest BCUT2D eigenvalue weighted by Crippen LogP contribution is 2.10. The average Bonchev–Trinajstić information content (AvgIpc) is 3.35. The number of carbonyl (C=O) groups excluding carboxylic acids is 3. The fraction of sp³-hybridized carbons (Fsp3) is 0.636. The standard InChI is InChI=1S/C22H36N6O7S/c1-4-12(2)18(22(34)35)28-21(33)16(9-13-10-24-11-25-13)27-20(32)15(7-8-36-3)26-19(31)14(23)5-6-17(29)30/h10-12,14-16,18H,4-9,23H2,1-3H3,(H,24,25)(H,26,31)(H,27,32)(H,28,33)(H,29,30)(H,34,35). The molecule has 0 radical (unpaired) electrons. The maximum atomic E-state index is 13.1. The minimum atomic E-state index is -1.19. The number of imidazole rings is 1. The van der Waals surface area contributed by atoms with Crippen molar-refractivity contribution < 1.29 is 34.2 Å². The molecule has 1 heterocycles. The number of hydrogen-bond donors (Lipinski definition) is 7. The highest BCUT2D eigenvalue weighted by atomic mass is 32.2. The monoisotopic (exact) mass is 528 g/mol. The van der Waals surface area contributed by atoms with E-state index in [-0.39, 0.29) is 31.6 Å². The summed E-state index contributed by atoms with van der Waals surface area (Å²) in [6.07, 6.45) is 5.05. The molecular formula is C22H36N6O7S. The lowest BCUT2D eigenvalue weighted by atomic mass is 9.98. The van der Waals surface area contributed by atoms with Crippen LogP contribution in [0.5, 0.6) is 0 Å². The molecule has 202 valence electrons. The number of amides is 3. The van der Waals surface area contributed by atoms with Crippen LogP contribution in [-0.2, 0) is 30.4 Å². The van der Waals surface area contributed by atoms with E-state index >= 15 is 0 Å². The Balaban J connectivity index is 3.04. The Morgan fingerprint density at radius 2 is 1.69 bits per heavy atom. The molecule has 0 aliphatic heterocycles. The molecule has 0 saturated heterocycles. The van der Waals surface area contributed by atoms with Crippen LogP contribution in [0.3, 0.4) is 0 Å². The van der Waals surface area contributed by atoms with Gasteiger partial charge in [-0.2, -0.15) is 11.8 Å². The first-order valence-electron chi connectivity index (χ1n) is 11.6. The van der Waals surface area contributed by atoms with Crippen LogP contribution >= 0.6 is 11.8 Å². The Bertz CT molecular complexity index is 882. The highest BCUT2D eigenvalue weighted by Gasteiger charge is 2.32. The van der Waals surface area contributed by atoms with Crippen molar-refractivity contribution in [2.24, 2.45) is 11.7 Å². The third kappa shape index (κ3) is 10.6. The molecule has 0 aromatic carbocycles. The minimum Gasteiger partial charge on any atom is -0.481 e. The normalized spacial score (nSPS) is 15.1. The predicted molar refractivity (Wildman–Crippen MR) is 133 cm³/mol. The number of aromatic nitrogens is 2. The minimum absolute atomic E-state index is 0.00569. The van der Waals surface area contributed by atoms with Gasteiger partial charge in [-0.3, -0.25) is 19.2 Å². The Morgan fingerprint density at radius 3 is 2.22 bits per heavy atom. The first-order valence-corrected chi connectivity index (χ1v) is 13.0. The molecule has 0 spiro atoms. The van der Waals surface area contributed by atoms with Crippen LogP contribution in [0.2, 0.25) is 0 Å². The first-order chi connectivity index (χ1) is 17.0. The molecule has 3 amide bonds. The largest absolute Gasteiger partial charge is 0.481 e. The number of hydrogen-bond acceptors (Lipinski definition) is 8. The maximum absolute atomic E-state index is 13.1. The van der Waals surface area contributed by atoms with Gasteiger partial charge in [-0.25, -0.2) is 9.78 Å².